The fraction of sp³-hybridized carbons (Fsp3) is 0.958. The predicted octanol–water partition coefficient (Wildman–Crippen LogP) is 8.47. The molecule has 0 aliphatic rings. The Balaban J connectivity index is 5.62. The number of rotatable bonds is 22. The zero-order valence-corrected chi connectivity index (χ0v) is 22.5. The van der Waals surface area contributed by atoms with E-state index in [-0.39, 0.29) is 32.7 Å². The summed E-state index contributed by atoms with van der Waals surface area (Å²) in [5, 5.41) is 0. The van der Waals surface area contributed by atoms with Crippen molar-refractivity contribution in [3.8, 4) is 0 Å². The zero-order chi connectivity index (χ0) is 32.2. The number of alkyl halides is 13. The van der Waals surface area contributed by atoms with E-state index in [1.165, 1.54) is 7.11 Å². The fourth-order valence-electron chi connectivity index (χ4n) is 3.61. The van der Waals surface area contributed by atoms with Crippen LogP contribution in [0.5, 0.6) is 0 Å². The molecule has 0 aromatic rings. The van der Waals surface area contributed by atoms with Crippen LogP contribution in [0.25, 0.3) is 0 Å². The molecule has 0 aliphatic heterocycles. The molecule has 0 fully saturated rings. The first-order chi connectivity index (χ1) is 18.7. The van der Waals surface area contributed by atoms with E-state index in [2.05, 4.69) is 0 Å². The Kier molecular flexibility index (Phi) is 15.8. The third kappa shape index (κ3) is 10.3. The molecule has 0 N–H and O–H groups in total. The molecule has 246 valence electrons. The Morgan fingerprint density at radius 2 is 1.10 bits per heavy atom. The normalized spacial score (nSPS) is 14.8. The van der Waals surface area contributed by atoms with Crippen molar-refractivity contribution in [2.45, 2.75) is 107 Å². The maximum atomic E-state index is 14.2. The first-order valence-corrected chi connectivity index (χ1v) is 12.8. The molecule has 0 spiro atoms. The van der Waals surface area contributed by atoms with Gasteiger partial charge in [0.1, 0.15) is 6.61 Å². The van der Waals surface area contributed by atoms with Gasteiger partial charge >= 0.3 is 41.8 Å². The van der Waals surface area contributed by atoms with Crippen molar-refractivity contribution in [3.63, 3.8) is 0 Å². The molecule has 0 rings (SSSR count). The van der Waals surface area contributed by atoms with Gasteiger partial charge in [0.05, 0.1) is 25.7 Å². The molecule has 0 aromatic heterocycles. The Morgan fingerprint density at radius 1 is 0.610 bits per heavy atom. The smallest absolute Gasteiger partial charge is 0.460 e. The van der Waals surface area contributed by atoms with E-state index in [0.29, 0.717) is 12.8 Å². The summed E-state index contributed by atoms with van der Waals surface area (Å²) in [6.07, 6.45) is -6.66. The van der Waals surface area contributed by atoms with Crippen molar-refractivity contribution in [3.05, 3.63) is 0 Å². The number of hydrogen-bond acceptors (Lipinski definition) is 4. The molecule has 1 atom stereocenters. The lowest BCUT2D eigenvalue weighted by molar-refractivity contribution is -0.440. The monoisotopic (exact) mass is 634 g/mol. The number of halogens is 13. The molecular weight excluding hydrogens is 599 g/mol. The Bertz CT molecular complexity index is 758. The molecule has 0 bridgehead atoms. The lowest BCUT2D eigenvalue weighted by atomic mass is 9.88. The second kappa shape index (κ2) is 16.4. The van der Waals surface area contributed by atoms with E-state index >= 15 is 0 Å². The Labute approximate surface area is 229 Å². The van der Waals surface area contributed by atoms with Crippen molar-refractivity contribution in [1.82, 2.24) is 0 Å². The van der Waals surface area contributed by atoms with Gasteiger partial charge in [-0.25, -0.2) is 0 Å². The van der Waals surface area contributed by atoms with E-state index < -0.39 is 67.1 Å². The molecule has 0 heterocycles. The van der Waals surface area contributed by atoms with Crippen molar-refractivity contribution < 1.29 is 76.1 Å². The van der Waals surface area contributed by atoms with Crippen molar-refractivity contribution in [1.29, 1.82) is 0 Å². The molecular formula is C24H35F13O4. The van der Waals surface area contributed by atoms with Crippen LogP contribution in [-0.2, 0) is 19.0 Å². The van der Waals surface area contributed by atoms with Gasteiger partial charge in [-0.2, -0.15) is 57.1 Å². The number of hydrogen-bond donors (Lipinski definition) is 0. The molecule has 17 heteroatoms. The van der Waals surface area contributed by atoms with E-state index in [1.807, 2.05) is 6.92 Å². The summed E-state index contributed by atoms with van der Waals surface area (Å²) >= 11 is 0. The number of carbonyl (C=O) groups is 1. The quantitative estimate of drug-likeness (QED) is 0.0681. The van der Waals surface area contributed by atoms with E-state index in [1.54, 1.807) is 0 Å². The van der Waals surface area contributed by atoms with Crippen LogP contribution in [0.1, 0.15) is 71.1 Å². The molecule has 0 radical (unpaired) electrons. The summed E-state index contributed by atoms with van der Waals surface area (Å²) in [5.41, 5.74) is 0. The van der Waals surface area contributed by atoms with Gasteiger partial charge in [0, 0.05) is 13.5 Å². The fourth-order valence-corrected chi connectivity index (χ4v) is 3.61. The van der Waals surface area contributed by atoms with Crippen molar-refractivity contribution in [2.75, 3.05) is 33.5 Å². The van der Waals surface area contributed by atoms with Crippen molar-refractivity contribution in [2.24, 2.45) is 5.92 Å². The third-order valence-electron chi connectivity index (χ3n) is 6.20. The highest BCUT2D eigenvalue weighted by Crippen LogP contribution is 2.60. The van der Waals surface area contributed by atoms with E-state index in [4.69, 9.17) is 14.2 Å². The number of unbranched alkanes of at least 4 members (excludes halogenated alkanes) is 6. The minimum atomic E-state index is -7.95. The first-order valence-electron chi connectivity index (χ1n) is 12.8. The topological polar surface area (TPSA) is 44.8 Å². The second-order valence-electron chi connectivity index (χ2n) is 9.42. The molecule has 0 aromatic carbocycles. The molecule has 0 saturated carbocycles. The molecule has 4 nitrogen and oxygen atoms in total. The highest BCUT2D eigenvalue weighted by Gasteiger charge is 2.90. The number of methoxy groups -OCH3 is 1. The number of ether oxygens (including phenoxy) is 3. The molecule has 0 amide bonds. The van der Waals surface area contributed by atoms with Crippen LogP contribution in [0.15, 0.2) is 0 Å². The van der Waals surface area contributed by atoms with Gasteiger partial charge in [-0.15, -0.1) is 0 Å². The number of esters is 1. The predicted molar refractivity (Wildman–Crippen MR) is 120 cm³/mol. The van der Waals surface area contributed by atoms with Gasteiger partial charge < -0.3 is 14.2 Å². The lowest BCUT2D eigenvalue weighted by Gasteiger charge is -2.40. The molecule has 0 aliphatic carbocycles. The maximum Gasteiger partial charge on any atom is 0.460 e. The average Bonchev–Trinajstić information content (AvgIpc) is 2.85. The molecule has 41 heavy (non-hydrogen) atoms. The van der Waals surface area contributed by atoms with Crippen LogP contribution in [0, 0.1) is 5.92 Å². The Hall–Kier alpha value is -1.52. The molecule has 1 unspecified atom stereocenters. The van der Waals surface area contributed by atoms with E-state index in [9.17, 15) is 61.9 Å². The van der Waals surface area contributed by atoms with Crippen LogP contribution in [0.3, 0.4) is 0 Å². The van der Waals surface area contributed by atoms with Crippen LogP contribution in [-0.4, -0.2) is 75.3 Å². The first kappa shape index (κ1) is 39.5. The van der Waals surface area contributed by atoms with Gasteiger partial charge in [-0.1, -0.05) is 51.9 Å². The second-order valence-corrected chi connectivity index (χ2v) is 9.42. The van der Waals surface area contributed by atoms with Crippen molar-refractivity contribution >= 4 is 5.97 Å². The summed E-state index contributed by atoms with van der Waals surface area (Å²) in [5.74, 6) is -40.0. The van der Waals surface area contributed by atoms with Crippen LogP contribution >= 0.6 is 0 Å². The Morgan fingerprint density at radius 3 is 1.61 bits per heavy atom. The minimum absolute atomic E-state index is 0.0864. The van der Waals surface area contributed by atoms with Gasteiger partial charge in [0.25, 0.3) is 0 Å². The highest BCUT2D eigenvalue weighted by molar-refractivity contribution is 5.72. The summed E-state index contributed by atoms with van der Waals surface area (Å²) in [6.45, 7) is 1.61. The molecule has 0 saturated heterocycles. The van der Waals surface area contributed by atoms with E-state index in [0.717, 1.165) is 25.7 Å². The largest absolute Gasteiger partial charge is 0.463 e. The summed E-state index contributed by atoms with van der Waals surface area (Å²) in [4.78, 5) is 12.4. The van der Waals surface area contributed by atoms with Gasteiger partial charge in [-0.3, -0.25) is 4.79 Å². The SMILES string of the molecule is CCCCCCCCCC(CCC(F)(F)C(F)(F)C(F)(F)C(F)(F)C(F)(F)C(F)(F)F)C(=O)OCCOCCOC. The standard InChI is InChI=1S/C24H35F13O4/c1-3-4-5-6-7-8-9-10-17(18(38)41-16-15-40-14-13-39-2)11-12-19(25,26)20(27,28)21(29,30)22(31,32)23(33,34)24(35,36)37/h17H,3-16H2,1-2H3. The summed E-state index contributed by atoms with van der Waals surface area (Å²) in [6, 6.07) is 0. The van der Waals surface area contributed by atoms with Crippen LogP contribution < -0.4 is 0 Å². The zero-order valence-electron chi connectivity index (χ0n) is 22.5. The average molecular weight is 635 g/mol. The van der Waals surface area contributed by atoms with Gasteiger partial charge in [0.2, 0.25) is 0 Å². The number of carbonyl (C=O) groups excluding carboxylic acids is 1. The van der Waals surface area contributed by atoms with Crippen LogP contribution in [0.2, 0.25) is 0 Å². The minimum Gasteiger partial charge on any atom is -0.463 e. The van der Waals surface area contributed by atoms with Gasteiger partial charge in [-0.05, 0) is 12.8 Å². The van der Waals surface area contributed by atoms with Crippen LogP contribution in [0.4, 0.5) is 57.1 Å². The lowest BCUT2D eigenvalue weighted by Crippen LogP contribution is -2.70. The summed E-state index contributed by atoms with van der Waals surface area (Å²) in [7, 11) is 1.37. The maximum absolute atomic E-state index is 14.2. The third-order valence-corrected chi connectivity index (χ3v) is 6.20. The van der Waals surface area contributed by atoms with Gasteiger partial charge in [0.15, 0.2) is 0 Å². The highest BCUT2D eigenvalue weighted by atomic mass is 19.4. The summed E-state index contributed by atoms with van der Waals surface area (Å²) < 4.78 is 188.